The molecule has 1 saturated heterocycles. The summed E-state index contributed by atoms with van der Waals surface area (Å²) in [6, 6.07) is 10.7. The maximum Gasteiger partial charge on any atom is 0.416 e. The zero-order chi connectivity index (χ0) is 17.8. The molecule has 0 N–H and O–H groups in total. The minimum Gasteiger partial charge on any atom is -0.481 e. The first-order chi connectivity index (χ1) is 12.1. The highest BCUT2D eigenvalue weighted by molar-refractivity contribution is 6.35. The second kappa shape index (κ2) is 7.40. The topological polar surface area (TPSA) is 82.1 Å². The summed E-state index contributed by atoms with van der Waals surface area (Å²) in [6.45, 7) is -0.615. The maximum atomic E-state index is 11.8. The van der Waals surface area contributed by atoms with Gasteiger partial charge in [0.1, 0.15) is 12.4 Å². The Labute approximate surface area is 148 Å². The van der Waals surface area contributed by atoms with E-state index >= 15 is 0 Å². The van der Waals surface area contributed by atoms with Crippen LogP contribution in [0.25, 0.3) is 10.8 Å². The SMILES string of the molecule is O=C(COc1ccc(Cl)c2ccccc12)OCC(=O)N1CCOC1=O. The molecule has 25 heavy (non-hydrogen) atoms. The molecule has 0 unspecified atom stereocenters. The van der Waals surface area contributed by atoms with Crippen LogP contribution in [0.1, 0.15) is 0 Å². The first-order valence-corrected chi connectivity index (χ1v) is 7.87. The van der Waals surface area contributed by atoms with E-state index in [4.69, 9.17) is 21.1 Å². The normalized spacial score (nSPS) is 13.6. The van der Waals surface area contributed by atoms with Gasteiger partial charge in [0.25, 0.3) is 5.91 Å². The molecule has 2 amide bonds. The first-order valence-electron chi connectivity index (χ1n) is 7.49. The lowest BCUT2D eigenvalue weighted by Crippen LogP contribution is -2.35. The molecule has 7 nitrogen and oxygen atoms in total. The third kappa shape index (κ3) is 3.83. The van der Waals surface area contributed by atoms with Gasteiger partial charge < -0.3 is 14.2 Å². The number of cyclic esters (lactones) is 1. The van der Waals surface area contributed by atoms with Gasteiger partial charge in [0.2, 0.25) is 0 Å². The zero-order valence-corrected chi connectivity index (χ0v) is 13.8. The second-order valence-electron chi connectivity index (χ2n) is 5.20. The van der Waals surface area contributed by atoms with Crippen molar-refractivity contribution in [3.05, 3.63) is 41.4 Å². The number of carbonyl (C=O) groups is 3. The monoisotopic (exact) mass is 363 g/mol. The van der Waals surface area contributed by atoms with E-state index < -0.39 is 24.6 Å². The summed E-state index contributed by atoms with van der Waals surface area (Å²) in [5.41, 5.74) is 0. The Bertz CT molecular complexity index is 837. The van der Waals surface area contributed by atoms with Crippen LogP contribution in [-0.4, -0.2) is 49.2 Å². The second-order valence-corrected chi connectivity index (χ2v) is 5.61. The van der Waals surface area contributed by atoms with Crippen LogP contribution in [0.4, 0.5) is 4.79 Å². The van der Waals surface area contributed by atoms with Crippen LogP contribution in [0.15, 0.2) is 36.4 Å². The van der Waals surface area contributed by atoms with E-state index in [2.05, 4.69) is 4.74 Å². The van der Waals surface area contributed by atoms with Crippen LogP contribution in [0.3, 0.4) is 0 Å². The Balaban J connectivity index is 1.55. The smallest absolute Gasteiger partial charge is 0.416 e. The lowest BCUT2D eigenvalue weighted by molar-refractivity contribution is -0.152. The van der Waals surface area contributed by atoms with Crippen molar-refractivity contribution in [2.24, 2.45) is 0 Å². The molecule has 0 radical (unpaired) electrons. The molecule has 8 heteroatoms. The number of fused-ring (bicyclic) bond motifs is 1. The number of carbonyl (C=O) groups excluding carboxylic acids is 3. The molecule has 0 saturated carbocycles. The summed E-state index contributed by atoms with van der Waals surface area (Å²) in [5.74, 6) is -0.876. The quantitative estimate of drug-likeness (QED) is 0.759. The Morgan fingerprint density at radius 3 is 2.60 bits per heavy atom. The van der Waals surface area contributed by atoms with Crippen LogP contribution in [0.2, 0.25) is 5.02 Å². The molecular formula is C17H14ClNO6. The zero-order valence-electron chi connectivity index (χ0n) is 13.1. The molecule has 2 aromatic carbocycles. The van der Waals surface area contributed by atoms with Gasteiger partial charge in [-0.1, -0.05) is 35.9 Å². The minimum absolute atomic E-state index is 0.144. The Kier molecular flexibility index (Phi) is 5.04. The van der Waals surface area contributed by atoms with E-state index in [9.17, 15) is 14.4 Å². The number of ether oxygens (including phenoxy) is 3. The van der Waals surface area contributed by atoms with Gasteiger partial charge in [-0.2, -0.15) is 0 Å². The van der Waals surface area contributed by atoms with E-state index in [1.54, 1.807) is 12.1 Å². The maximum absolute atomic E-state index is 11.8. The average Bonchev–Trinajstić information content (AvgIpc) is 3.05. The first kappa shape index (κ1) is 17.0. The average molecular weight is 364 g/mol. The minimum atomic E-state index is -0.732. The van der Waals surface area contributed by atoms with E-state index in [0.717, 1.165) is 15.7 Å². The molecule has 130 valence electrons. The molecule has 0 bridgehead atoms. The van der Waals surface area contributed by atoms with Crippen LogP contribution in [-0.2, 0) is 19.1 Å². The molecule has 0 aliphatic carbocycles. The Morgan fingerprint density at radius 1 is 1.12 bits per heavy atom. The molecule has 0 spiro atoms. The van der Waals surface area contributed by atoms with Crippen molar-refractivity contribution in [2.75, 3.05) is 26.4 Å². The molecule has 1 aliphatic heterocycles. The number of hydrogen-bond acceptors (Lipinski definition) is 6. The number of esters is 1. The van der Waals surface area contributed by atoms with Crippen molar-refractivity contribution < 1.29 is 28.6 Å². The van der Waals surface area contributed by atoms with Crippen molar-refractivity contribution in [3.8, 4) is 5.75 Å². The molecule has 3 rings (SSSR count). The highest BCUT2D eigenvalue weighted by Crippen LogP contribution is 2.31. The lowest BCUT2D eigenvalue weighted by Gasteiger charge is -2.12. The number of nitrogens with zero attached hydrogens (tertiary/aromatic N) is 1. The molecule has 0 aromatic heterocycles. The van der Waals surface area contributed by atoms with Gasteiger partial charge in [-0.3, -0.25) is 4.79 Å². The van der Waals surface area contributed by atoms with Crippen LogP contribution >= 0.6 is 11.6 Å². The van der Waals surface area contributed by atoms with E-state index in [0.29, 0.717) is 10.8 Å². The van der Waals surface area contributed by atoms with Crippen molar-refractivity contribution >= 4 is 40.3 Å². The third-order valence-corrected chi connectivity index (χ3v) is 3.92. The number of amides is 2. The summed E-state index contributed by atoms with van der Waals surface area (Å²) in [4.78, 5) is 35.6. The van der Waals surface area contributed by atoms with Crippen molar-refractivity contribution in [1.29, 1.82) is 0 Å². The Morgan fingerprint density at radius 2 is 1.88 bits per heavy atom. The van der Waals surface area contributed by atoms with E-state index in [-0.39, 0.29) is 19.8 Å². The Hall–Kier alpha value is -2.80. The summed E-state index contributed by atoms with van der Waals surface area (Å²) in [7, 11) is 0. The van der Waals surface area contributed by atoms with Crippen molar-refractivity contribution in [2.45, 2.75) is 0 Å². The van der Waals surface area contributed by atoms with Gasteiger partial charge in [0.05, 0.1) is 6.54 Å². The van der Waals surface area contributed by atoms with Gasteiger partial charge >= 0.3 is 12.1 Å². The largest absolute Gasteiger partial charge is 0.481 e. The van der Waals surface area contributed by atoms with Gasteiger partial charge in [-0.15, -0.1) is 0 Å². The molecule has 2 aromatic rings. The molecule has 0 atom stereocenters. The van der Waals surface area contributed by atoms with E-state index in [1.807, 2.05) is 24.3 Å². The van der Waals surface area contributed by atoms with Crippen LogP contribution < -0.4 is 4.74 Å². The van der Waals surface area contributed by atoms with E-state index in [1.165, 1.54) is 0 Å². The fourth-order valence-electron chi connectivity index (χ4n) is 2.38. The molecule has 1 heterocycles. The summed E-state index contributed by atoms with van der Waals surface area (Å²) < 4.78 is 14.9. The van der Waals surface area contributed by atoms with Gasteiger partial charge in [0, 0.05) is 15.8 Å². The highest BCUT2D eigenvalue weighted by Gasteiger charge is 2.28. The standard InChI is InChI=1S/C17H14ClNO6/c18-13-5-6-14(12-4-2-1-3-11(12)13)24-10-16(21)25-9-15(20)19-7-8-23-17(19)22/h1-6H,7-10H2. The van der Waals surface area contributed by atoms with Crippen LogP contribution in [0, 0.1) is 0 Å². The molecule has 1 fully saturated rings. The summed E-state index contributed by atoms with van der Waals surface area (Å²) >= 11 is 6.12. The number of hydrogen-bond donors (Lipinski definition) is 0. The summed E-state index contributed by atoms with van der Waals surface area (Å²) in [6.07, 6.45) is -0.732. The number of benzene rings is 2. The van der Waals surface area contributed by atoms with Gasteiger partial charge in [-0.05, 0) is 12.1 Å². The van der Waals surface area contributed by atoms with Crippen LogP contribution in [0.5, 0.6) is 5.75 Å². The summed E-state index contributed by atoms with van der Waals surface area (Å²) in [5, 5.41) is 2.14. The van der Waals surface area contributed by atoms with Gasteiger partial charge in [0.15, 0.2) is 13.2 Å². The van der Waals surface area contributed by atoms with Crippen molar-refractivity contribution in [3.63, 3.8) is 0 Å². The van der Waals surface area contributed by atoms with Crippen molar-refractivity contribution in [1.82, 2.24) is 4.90 Å². The lowest BCUT2D eigenvalue weighted by atomic mass is 10.1. The number of rotatable bonds is 5. The molecular weight excluding hydrogens is 350 g/mol. The highest BCUT2D eigenvalue weighted by atomic mass is 35.5. The third-order valence-electron chi connectivity index (χ3n) is 3.59. The fraction of sp³-hybridized carbons (Fsp3) is 0.235. The molecule has 1 aliphatic rings. The number of halogens is 1. The number of imide groups is 1. The predicted molar refractivity (Wildman–Crippen MR) is 88.5 cm³/mol. The fourth-order valence-corrected chi connectivity index (χ4v) is 2.61. The predicted octanol–water partition coefficient (Wildman–Crippen LogP) is 2.39. The van der Waals surface area contributed by atoms with Gasteiger partial charge in [-0.25, -0.2) is 14.5 Å².